The lowest BCUT2D eigenvalue weighted by atomic mass is 10.1. The van der Waals surface area contributed by atoms with Crippen LogP contribution in [0.1, 0.15) is 5.56 Å². The molecule has 1 rings (SSSR count). The van der Waals surface area contributed by atoms with Crippen molar-refractivity contribution in [2.75, 3.05) is 39.1 Å². The van der Waals surface area contributed by atoms with Crippen LogP contribution >= 0.6 is 0 Å². The fourth-order valence-electron chi connectivity index (χ4n) is 1.75. The summed E-state index contributed by atoms with van der Waals surface area (Å²) in [6.45, 7) is 3.52. The number of benzene rings is 1. The lowest BCUT2D eigenvalue weighted by Gasteiger charge is -2.22. The maximum Gasteiger partial charge on any atom is 0.292 e. The number of likely N-dealkylation sites (N-methyl/N-ethyl adjacent to an activating group) is 2. The number of nitro benzene ring substituents is 1. The van der Waals surface area contributed by atoms with Crippen molar-refractivity contribution in [3.8, 4) is 0 Å². The Labute approximate surface area is 102 Å². The van der Waals surface area contributed by atoms with Crippen LogP contribution in [0.15, 0.2) is 18.2 Å². The normalized spacial score (nSPS) is 10.6. The molecule has 0 aliphatic heterocycles. The molecule has 5 heteroatoms. The second-order valence-corrected chi connectivity index (χ2v) is 4.42. The number of nitro groups is 1. The molecule has 0 unspecified atom stereocenters. The summed E-state index contributed by atoms with van der Waals surface area (Å²) in [4.78, 5) is 14.7. The molecule has 1 aromatic carbocycles. The van der Waals surface area contributed by atoms with E-state index in [-0.39, 0.29) is 10.6 Å². The van der Waals surface area contributed by atoms with Crippen molar-refractivity contribution in [3.63, 3.8) is 0 Å². The van der Waals surface area contributed by atoms with Gasteiger partial charge in [-0.05, 0) is 26.6 Å². The quantitative estimate of drug-likeness (QED) is 0.579. The molecule has 1 aromatic rings. The molecule has 5 nitrogen and oxygen atoms in total. The summed E-state index contributed by atoms with van der Waals surface area (Å²) in [6, 6.07) is 5.17. The van der Waals surface area contributed by atoms with Crippen LogP contribution in [0.5, 0.6) is 0 Å². The summed E-state index contributed by atoms with van der Waals surface area (Å²) in [5, 5.41) is 11.0. The highest BCUT2D eigenvalue weighted by atomic mass is 16.6. The van der Waals surface area contributed by atoms with Crippen LogP contribution in [0.4, 0.5) is 11.4 Å². The minimum absolute atomic E-state index is 0.172. The number of aryl methyl sites for hydroxylation is 1. The maximum absolute atomic E-state index is 11.0. The van der Waals surface area contributed by atoms with Crippen LogP contribution in [0, 0.1) is 17.0 Å². The predicted octanol–water partition coefficient (Wildman–Crippen LogP) is 1.90. The fraction of sp³-hybridized carbons (Fsp3) is 0.500. The van der Waals surface area contributed by atoms with Crippen LogP contribution in [0.3, 0.4) is 0 Å². The Morgan fingerprint density at radius 1 is 1.24 bits per heavy atom. The highest BCUT2D eigenvalue weighted by Crippen LogP contribution is 2.30. The Bertz CT molecular complexity index is 405. The van der Waals surface area contributed by atoms with Gasteiger partial charge in [0.05, 0.1) is 4.92 Å². The van der Waals surface area contributed by atoms with Crippen LogP contribution < -0.4 is 4.90 Å². The monoisotopic (exact) mass is 237 g/mol. The predicted molar refractivity (Wildman–Crippen MR) is 69.7 cm³/mol. The molecule has 0 amide bonds. The van der Waals surface area contributed by atoms with Crippen molar-refractivity contribution >= 4 is 11.4 Å². The third kappa shape index (κ3) is 3.42. The number of nitrogens with zero attached hydrogens (tertiary/aromatic N) is 3. The molecule has 0 saturated carbocycles. The van der Waals surface area contributed by atoms with E-state index in [0.29, 0.717) is 5.69 Å². The van der Waals surface area contributed by atoms with Gasteiger partial charge in [0, 0.05) is 26.2 Å². The van der Waals surface area contributed by atoms with Gasteiger partial charge in [-0.15, -0.1) is 0 Å². The van der Waals surface area contributed by atoms with E-state index < -0.39 is 0 Å². The lowest BCUT2D eigenvalue weighted by Crippen LogP contribution is -2.29. The zero-order valence-corrected chi connectivity index (χ0v) is 10.8. The molecule has 17 heavy (non-hydrogen) atoms. The summed E-state index contributed by atoms with van der Waals surface area (Å²) in [5.74, 6) is 0. The Morgan fingerprint density at radius 3 is 2.41 bits per heavy atom. The van der Waals surface area contributed by atoms with E-state index in [2.05, 4.69) is 4.90 Å². The average molecular weight is 237 g/mol. The van der Waals surface area contributed by atoms with Gasteiger partial charge in [0.15, 0.2) is 0 Å². The lowest BCUT2D eigenvalue weighted by molar-refractivity contribution is -0.384. The van der Waals surface area contributed by atoms with Gasteiger partial charge in [0.25, 0.3) is 5.69 Å². The summed E-state index contributed by atoms with van der Waals surface area (Å²) < 4.78 is 0. The van der Waals surface area contributed by atoms with Gasteiger partial charge in [-0.3, -0.25) is 10.1 Å². The van der Waals surface area contributed by atoms with Crippen molar-refractivity contribution < 1.29 is 4.92 Å². The van der Waals surface area contributed by atoms with Gasteiger partial charge < -0.3 is 9.80 Å². The van der Waals surface area contributed by atoms with Gasteiger partial charge in [-0.1, -0.05) is 12.1 Å². The van der Waals surface area contributed by atoms with Crippen LogP contribution in [-0.4, -0.2) is 44.1 Å². The summed E-state index contributed by atoms with van der Waals surface area (Å²) in [6.07, 6.45) is 0. The molecule has 0 bridgehead atoms. The third-order valence-electron chi connectivity index (χ3n) is 2.68. The molecule has 0 saturated heterocycles. The fourth-order valence-corrected chi connectivity index (χ4v) is 1.75. The minimum Gasteiger partial charge on any atom is -0.368 e. The molecule has 0 radical (unpaired) electrons. The number of anilines is 1. The molecule has 0 aliphatic carbocycles. The second-order valence-electron chi connectivity index (χ2n) is 4.42. The molecule has 0 aliphatic rings. The van der Waals surface area contributed by atoms with Gasteiger partial charge >= 0.3 is 0 Å². The Morgan fingerprint density at radius 2 is 1.88 bits per heavy atom. The first kappa shape index (κ1) is 13.4. The summed E-state index contributed by atoms with van der Waals surface area (Å²) in [7, 11) is 5.86. The Hall–Kier alpha value is -1.62. The third-order valence-corrected chi connectivity index (χ3v) is 2.68. The largest absolute Gasteiger partial charge is 0.368 e. The molecule has 0 heterocycles. The van der Waals surface area contributed by atoms with E-state index in [9.17, 15) is 10.1 Å². The van der Waals surface area contributed by atoms with E-state index in [1.54, 1.807) is 12.1 Å². The SMILES string of the molecule is Cc1cccc([N+](=O)[O-])c1N(C)CCN(C)C. The molecule has 0 N–H and O–H groups in total. The Balaban J connectivity index is 2.98. The van der Waals surface area contributed by atoms with Gasteiger partial charge in [-0.25, -0.2) is 0 Å². The van der Waals surface area contributed by atoms with Crippen LogP contribution in [0.2, 0.25) is 0 Å². The maximum atomic E-state index is 11.0. The van der Waals surface area contributed by atoms with Crippen LogP contribution in [0.25, 0.3) is 0 Å². The Kier molecular flexibility index (Phi) is 4.45. The summed E-state index contributed by atoms with van der Waals surface area (Å²) in [5.41, 5.74) is 1.81. The average Bonchev–Trinajstić information content (AvgIpc) is 2.25. The van der Waals surface area contributed by atoms with E-state index in [0.717, 1.165) is 18.7 Å². The number of hydrogen-bond donors (Lipinski definition) is 0. The summed E-state index contributed by atoms with van der Waals surface area (Å²) >= 11 is 0. The van der Waals surface area contributed by atoms with E-state index in [1.165, 1.54) is 0 Å². The smallest absolute Gasteiger partial charge is 0.292 e. The van der Waals surface area contributed by atoms with E-state index in [1.807, 2.05) is 39.0 Å². The molecule has 0 fully saturated rings. The van der Waals surface area contributed by atoms with Crippen molar-refractivity contribution in [2.45, 2.75) is 6.92 Å². The number of rotatable bonds is 5. The second kappa shape index (κ2) is 5.63. The topological polar surface area (TPSA) is 49.6 Å². The molecule has 0 spiro atoms. The minimum atomic E-state index is -0.325. The van der Waals surface area contributed by atoms with Gasteiger partial charge in [0.1, 0.15) is 5.69 Å². The van der Waals surface area contributed by atoms with Gasteiger partial charge in [0.2, 0.25) is 0 Å². The van der Waals surface area contributed by atoms with Crippen molar-refractivity contribution in [1.82, 2.24) is 4.90 Å². The van der Waals surface area contributed by atoms with Crippen LogP contribution in [-0.2, 0) is 0 Å². The molecular weight excluding hydrogens is 218 g/mol. The zero-order valence-electron chi connectivity index (χ0n) is 10.8. The molecular formula is C12H19N3O2. The number of hydrogen-bond acceptors (Lipinski definition) is 4. The number of para-hydroxylation sites is 1. The molecule has 94 valence electrons. The highest BCUT2D eigenvalue weighted by Gasteiger charge is 2.18. The first-order chi connectivity index (χ1) is 7.93. The highest BCUT2D eigenvalue weighted by molar-refractivity contribution is 5.67. The van der Waals surface area contributed by atoms with Crippen molar-refractivity contribution in [2.24, 2.45) is 0 Å². The molecule has 0 atom stereocenters. The first-order valence-electron chi connectivity index (χ1n) is 5.53. The molecule has 0 aromatic heterocycles. The standard InChI is InChI=1S/C12H19N3O2/c1-10-6-5-7-11(15(16)17)12(10)14(4)9-8-13(2)3/h5-7H,8-9H2,1-4H3. The van der Waals surface area contributed by atoms with Gasteiger partial charge in [-0.2, -0.15) is 0 Å². The van der Waals surface area contributed by atoms with E-state index in [4.69, 9.17) is 0 Å². The van der Waals surface area contributed by atoms with Crippen molar-refractivity contribution in [1.29, 1.82) is 0 Å². The zero-order chi connectivity index (χ0) is 13.0. The van der Waals surface area contributed by atoms with E-state index >= 15 is 0 Å². The first-order valence-corrected chi connectivity index (χ1v) is 5.53. The van der Waals surface area contributed by atoms with Crippen molar-refractivity contribution in [3.05, 3.63) is 33.9 Å².